The zero-order valence-corrected chi connectivity index (χ0v) is 12.8. The lowest BCUT2D eigenvalue weighted by Gasteiger charge is -2.14. The summed E-state index contributed by atoms with van der Waals surface area (Å²) in [4.78, 5) is 12.5. The second-order valence-corrected chi connectivity index (χ2v) is 5.35. The number of para-hydroxylation sites is 1. The highest BCUT2D eigenvalue weighted by molar-refractivity contribution is 6.08. The van der Waals surface area contributed by atoms with Crippen molar-refractivity contribution in [3.63, 3.8) is 0 Å². The van der Waals surface area contributed by atoms with Crippen LogP contribution >= 0.6 is 0 Å². The Kier molecular flexibility index (Phi) is 4.99. The van der Waals surface area contributed by atoms with Gasteiger partial charge in [-0.05, 0) is 50.1 Å². The van der Waals surface area contributed by atoms with Gasteiger partial charge in [0.05, 0.1) is 5.56 Å². The van der Waals surface area contributed by atoms with E-state index in [9.17, 15) is 4.79 Å². The molecule has 1 amide bonds. The lowest BCUT2D eigenvalue weighted by Crippen LogP contribution is -2.17. The number of carbonyl (C=O) groups is 1. The number of benzene rings is 2. The van der Waals surface area contributed by atoms with Gasteiger partial charge in [0.2, 0.25) is 0 Å². The summed E-state index contributed by atoms with van der Waals surface area (Å²) in [5.41, 5.74) is 3.56. The predicted octanol–water partition coefficient (Wildman–Crippen LogP) is 4.32. The molecule has 0 aromatic heterocycles. The highest BCUT2D eigenvalue weighted by atomic mass is 16.1. The van der Waals surface area contributed by atoms with Crippen molar-refractivity contribution >= 4 is 17.3 Å². The van der Waals surface area contributed by atoms with Gasteiger partial charge in [0.25, 0.3) is 5.91 Å². The fraction of sp³-hybridized carbons (Fsp3) is 0.278. The molecule has 2 N–H and O–H groups in total. The summed E-state index contributed by atoms with van der Waals surface area (Å²) in [6, 6.07) is 15.8. The first-order valence-electron chi connectivity index (χ1n) is 7.36. The summed E-state index contributed by atoms with van der Waals surface area (Å²) in [6.07, 6.45) is 0.954. The van der Waals surface area contributed by atoms with Crippen LogP contribution in [-0.2, 0) is 6.42 Å². The summed E-state index contributed by atoms with van der Waals surface area (Å²) in [5, 5.41) is 6.27. The van der Waals surface area contributed by atoms with E-state index in [1.165, 1.54) is 5.56 Å². The lowest BCUT2D eigenvalue weighted by atomic mass is 10.1. The van der Waals surface area contributed by atoms with Gasteiger partial charge < -0.3 is 10.6 Å². The van der Waals surface area contributed by atoms with Crippen molar-refractivity contribution in [1.82, 2.24) is 0 Å². The van der Waals surface area contributed by atoms with Gasteiger partial charge in [-0.25, -0.2) is 0 Å². The van der Waals surface area contributed by atoms with E-state index in [0.29, 0.717) is 5.56 Å². The van der Waals surface area contributed by atoms with E-state index in [1.807, 2.05) is 42.5 Å². The lowest BCUT2D eigenvalue weighted by molar-refractivity contribution is 0.102. The molecule has 0 atom stereocenters. The van der Waals surface area contributed by atoms with Gasteiger partial charge in [0.15, 0.2) is 0 Å². The van der Waals surface area contributed by atoms with Crippen LogP contribution in [0, 0.1) is 0 Å². The van der Waals surface area contributed by atoms with Crippen LogP contribution in [0.5, 0.6) is 0 Å². The van der Waals surface area contributed by atoms with Crippen molar-refractivity contribution in [1.29, 1.82) is 0 Å². The zero-order valence-electron chi connectivity index (χ0n) is 12.8. The monoisotopic (exact) mass is 282 g/mol. The normalized spacial score (nSPS) is 10.5. The molecule has 3 nitrogen and oxygen atoms in total. The average Bonchev–Trinajstić information content (AvgIpc) is 2.47. The van der Waals surface area contributed by atoms with Crippen molar-refractivity contribution in [2.24, 2.45) is 0 Å². The second kappa shape index (κ2) is 6.93. The third-order valence-corrected chi connectivity index (χ3v) is 3.21. The molecule has 0 saturated carbocycles. The van der Waals surface area contributed by atoms with Crippen molar-refractivity contribution in [3.05, 3.63) is 59.7 Å². The minimum absolute atomic E-state index is 0.0907. The Bertz CT molecular complexity index is 620. The van der Waals surface area contributed by atoms with Gasteiger partial charge in [-0.3, -0.25) is 4.79 Å². The van der Waals surface area contributed by atoms with Crippen molar-refractivity contribution in [3.8, 4) is 0 Å². The number of hydrogen-bond acceptors (Lipinski definition) is 2. The highest BCUT2D eigenvalue weighted by Crippen LogP contribution is 2.19. The molecule has 0 radical (unpaired) electrons. The van der Waals surface area contributed by atoms with E-state index in [-0.39, 0.29) is 11.9 Å². The number of carbonyl (C=O) groups excluding carboxylic acids is 1. The van der Waals surface area contributed by atoms with E-state index < -0.39 is 0 Å². The van der Waals surface area contributed by atoms with Crippen LogP contribution < -0.4 is 10.6 Å². The maximum atomic E-state index is 12.5. The summed E-state index contributed by atoms with van der Waals surface area (Å²) in [6.45, 7) is 6.21. The first-order chi connectivity index (χ1) is 10.1. The Morgan fingerprint density at radius 3 is 2.57 bits per heavy atom. The zero-order chi connectivity index (χ0) is 15.2. The van der Waals surface area contributed by atoms with Crippen LogP contribution in [-0.4, -0.2) is 11.9 Å². The fourth-order valence-corrected chi connectivity index (χ4v) is 2.19. The summed E-state index contributed by atoms with van der Waals surface area (Å²) in [7, 11) is 0. The number of anilines is 2. The minimum Gasteiger partial charge on any atom is -0.382 e. The first kappa shape index (κ1) is 15.1. The van der Waals surface area contributed by atoms with Gasteiger partial charge in [0, 0.05) is 17.4 Å². The topological polar surface area (TPSA) is 41.1 Å². The standard InChI is InChI=1S/C18H22N2O/c1-4-14-8-7-9-15(12-14)20-18(21)16-10-5-6-11-17(16)19-13(2)3/h5-13,19H,4H2,1-3H3,(H,20,21). The van der Waals surface area contributed by atoms with Crippen LogP contribution in [0.4, 0.5) is 11.4 Å². The SMILES string of the molecule is CCc1cccc(NC(=O)c2ccccc2NC(C)C)c1. The van der Waals surface area contributed by atoms with Crippen molar-refractivity contribution < 1.29 is 4.79 Å². The number of nitrogens with one attached hydrogen (secondary N) is 2. The predicted molar refractivity (Wildman–Crippen MR) is 89.0 cm³/mol. The van der Waals surface area contributed by atoms with E-state index in [2.05, 4.69) is 37.5 Å². The van der Waals surface area contributed by atoms with Crippen molar-refractivity contribution in [2.45, 2.75) is 33.2 Å². The van der Waals surface area contributed by atoms with Crippen LogP contribution in [0.3, 0.4) is 0 Å². The van der Waals surface area contributed by atoms with E-state index in [0.717, 1.165) is 17.8 Å². The molecule has 0 unspecified atom stereocenters. The largest absolute Gasteiger partial charge is 0.382 e. The quantitative estimate of drug-likeness (QED) is 0.857. The molecular formula is C18H22N2O. The number of aryl methyl sites for hydroxylation is 1. The maximum absolute atomic E-state index is 12.5. The van der Waals surface area contributed by atoms with Crippen molar-refractivity contribution in [2.75, 3.05) is 10.6 Å². The molecule has 0 spiro atoms. The molecule has 0 aliphatic carbocycles. The Labute approximate surface area is 126 Å². The average molecular weight is 282 g/mol. The van der Waals surface area contributed by atoms with Gasteiger partial charge in [-0.15, -0.1) is 0 Å². The molecule has 2 aromatic rings. The number of amides is 1. The van der Waals surface area contributed by atoms with Gasteiger partial charge in [-0.1, -0.05) is 31.2 Å². The molecule has 2 rings (SSSR count). The molecule has 0 fully saturated rings. The van der Waals surface area contributed by atoms with E-state index in [1.54, 1.807) is 0 Å². The first-order valence-corrected chi connectivity index (χ1v) is 7.36. The van der Waals surface area contributed by atoms with Crippen LogP contribution in [0.25, 0.3) is 0 Å². The summed E-state index contributed by atoms with van der Waals surface area (Å²) in [5.74, 6) is -0.0907. The molecule has 2 aromatic carbocycles. The molecule has 0 saturated heterocycles. The number of hydrogen-bond donors (Lipinski definition) is 2. The van der Waals surface area contributed by atoms with Crippen LogP contribution in [0.2, 0.25) is 0 Å². The molecule has 3 heteroatoms. The van der Waals surface area contributed by atoms with Gasteiger partial charge in [0.1, 0.15) is 0 Å². The maximum Gasteiger partial charge on any atom is 0.257 e. The molecule has 0 aliphatic rings. The number of rotatable bonds is 5. The van der Waals surface area contributed by atoms with Gasteiger partial charge >= 0.3 is 0 Å². The highest BCUT2D eigenvalue weighted by Gasteiger charge is 2.11. The Balaban J connectivity index is 2.20. The van der Waals surface area contributed by atoms with E-state index in [4.69, 9.17) is 0 Å². The molecular weight excluding hydrogens is 260 g/mol. The van der Waals surface area contributed by atoms with Crippen LogP contribution in [0.15, 0.2) is 48.5 Å². The third kappa shape index (κ3) is 4.09. The summed E-state index contributed by atoms with van der Waals surface area (Å²) >= 11 is 0. The third-order valence-electron chi connectivity index (χ3n) is 3.21. The molecule has 0 aliphatic heterocycles. The van der Waals surface area contributed by atoms with E-state index >= 15 is 0 Å². The van der Waals surface area contributed by atoms with Gasteiger partial charge in [-0.2, -0.15) is 0 Å². The fourth-order valence-electron chi connectivity index (χ4n) is 2.19. The van der Waals surface area contributed by atoms with Crippen LogP contribution in [0.1, 0.15) is 36.7 Å². The summed E-state index contributed by atoms with van der Waals surface area (Å²) < 4.78 is 0. The Morgan fingerprint density at radius 2 is 1.86 bits per heavy atom. The molecule has 21 heavy (non-hydrogen) atoms. The minimum atomic E-state index is -0.0907. The molecule has 110 valence electrons. The Morgan fingerprint density at radius 1 is 1.10 bits per heavy atom. The molecule has 0 bridgehead atoms. The smallest absolute Gasteiger partial charge is 0.257 e. The Hall–Kier alpha value is -2.29. The second-order valence-electron chi connectivity index (χ2n) is 5.35. The molecule has 0 heterocycles.